The fourth-order valence-electron chi connectivity index (χ4n) is 2.22. The summed E-state index contributed by atoms with van der Waals surface area (Å²) in [6.45, 7) is 3.67. The van der Waals surface area contributed by atoms with Crippen molar-refractivity contribution in [3.8, 4) is 23.0 Å². The van der Waals surface area contributed by atoms with Crippen LogP contribution in [-0.2, 0) is 0 Å². The number of ether oxygens (including phenoxy) is 1. The average Bonchev–Trinajstić information content (AvgIpc) is 2.46. The molecule has 2 aromatic carbocycles. The third-order valence-corrected chi connectivity index (χ3v) is 3.18. The van der Waals surface area contributed by atoms with Gasteiger partial charge < -0.3 is 24.5 Å². The highest BCUT2D eigenvalue weighted by Gasteiger charge is 2.16. The molecule has 6 nitrogen and oxygen atoms in total. The van der Waals surface area contributed by atoms with Crippen molar-refractivity contribution < 1.29 is 24.5 Å². The Hall–Kier alpha value is -3.15. The van der Waals surface area contributed by atoms with E-state index in [-0.39, 0.29) is 40.0 Å². The summed E-state index contributed by atoms with van der Waals surface area (Å²) >= 11 is 0. The van der Waals surface area contributed by atoms with Gasteiger partial charge in [-0.15, -0.1) is 0 Å². The molecule has 0 aliphatic heterocycles. The van der Waals surface area contributed by atoms with Gasteiger partial charge in [-0.3, -0.25) is 4.79 Å². The van der Waals surface area contributed by atoms with Crippen LogP contribution in [0.1, 0.15) is 0 Å². The minimum Gasteiger partial charge on any atom is -0.508 e. The molecule has 0 spiro atoms. The Balaban J connectivity index is 2.43. The van der Waals surface area contributed by atoms with Crippen LogP contribution in [-0.4, -0.2) is 21.9 Å². The maximum atomic E-state index is 12.6. The lowest BCUT2D eigenvalue weighted by atomic mass is 10.1. The highest BCUT2D eigenvalue weighted by atomic mass is 16.5. The molecule has 3 aromatic rings. The van der Waals surface area contributed by atoms with Crippen molar-refractivity contribution in [1.82, 2.24) is 0 Å². The van der Waals surface area contributed by atoms with E-state index in [0.29, 0.717) is 0 Å². The van der Waals surface area contributed by atoms with Crippen LogP contribution >= 0.6 is 0 Å². The predicted octanol–water partition coefficient (Wildman–Crippen LogP) is 2.63. The van der Waals surface area contributed by atoms with Crippen molar-refractivity contribution in [1.29, 1.82) is 0 Å². The molecule has 0 saturated carbocycles. The van der Waals surface area contributed by atoms with Crippen molar-refractivity contribution >= 4 is 21.9 Å². The molecule has 3 rings (SSSR count). The number of hydrogen-bond acceptors (Lipinski definition) is 6. The monoisotopic (exact) mass is 300 g/mol. The number of rotatable bonds is 3. The van der Waals surface area contributed by atoms with Gasteiger partial charge in [-0.2, -0.15) is 0 Å². The largest absolute Gasteiger partial charge is 0.508 e. The molecule has 0 aliphatic carbocycles. The SMILES string of the molecule is C=CCOc1cc(O)cc2oc3cc(O)c(O)cc3c(=O)c12. The van der Waals surface area contributed by atoms with Gasteiger partial charge in [-0.05, 0) is 6.07 Å². The second kappa shape index (κ2) is 5.00. The molecule has 1 heterocycles. The van der Waals surface area contributed by atoms with E-state index in [9.17, 15) is 20.1 Å². The van der Waals surface area contributed by atoms with E-state index in [0.717, 1.165) is 12.1 Å². The highest BCUT2D eigenvalue weighted by Crippen LogP contribution is 2.34. The predicted molar refractivity (Wildman–Crippen MR) is 80.7 cm³/mol. The van der Waals surface area contributed by atoms with Gasteiger partial charge in [0.25, 0.3) is 0 Å². The van der Waals surface area contributed by atoms with Crippen LogP contribution in [0.15, 0.2) is 46.1 Å². The van der Waals surface area contributed by atoms with Crippen LogP contribution < -0.4 is 10.2 Å². The van der Waals surface area contributed by atoms with Crippen molar-refractivity contribution in [2.75, 3.05) is 6.61 Å². The third kappa shape index (κ3) is 2.10. The lowest BCUT2D eigenvalue weighted by Gasteiger charge is -2.09. The van der Waals surface area contributed by atoms with Crippen LogP contribution in [0.2, 0.25) is 0 Å². The van der Waals surface area contributed by atoms with E-state index in [4.69, 9.17) is 9.15 Å². The Bertz CT molecular complexity index is 954. The maximum Gasteiger partial charge on any atom is 0.204 e. The summed E-state index contributed by atoms with van der Waals surface area (Å²) in [5.74, 6) is -0.806. The standard InChI is InChI=1S/C16H12O6/c1-2-3-21-13-4-8(17)5-14-15(13)16(20)9-6-10(18)11(19)7-12(9)22-14/h2,4-7,17-19H,1,3H2. The zero-order chi connectivity index (χ0) is 15.9. The minimum atomic E-state index is -0.439. The van der Waals surface area contributed by atoms with Gasteiger partial charge in [0.15, 0.2) is 11.5 Å². The second-order valence-corrected chi connectivity index (χ2v) is 4.68. The minimum absolute atomic E-state index is 0.0908. The Kier molecular flexibility index (Phi) is 3.14. The molecule has 0 atom stereocenters. The topological polar surface area (TPSA) is 100 Å². The molecule has 3 N–H and O–H groups in total. The average molecular weight is 300 g/mol. The molecule has 0 radical (unpaired) electrons. The van der Waals surface area contributed by atoms with Gasteiger partial charge in [-0.1, -0.05) is 12.7 Å². The van der Waals surface area contributed by atoms with Gasteiger partial charge >= 0.3 is 0 Å². The first-order valence-electron chi connectivity index (χ1n) is 6.40. The van der Waals surface area contributed by atoms with Gasteiger partial charge in [0.05, 0.1) is 5.39 Å². The van der Waals surface area contributed by atoms with Gasteiger partial charge in [-0.25, -0.2) is 0 Å². The van der Waals surface area contributed by atoms with E-state index >= 15 is 0 Å². The summed E-state index contributed by atoms with van der Waals surface area (Å²) in [7, 11) is 0. The molecule has 0 fully saturated rings. The Morgan fingerprint density at radius 2 is 1.82 bits per heavy atom. The first-order chi connectivity index (χ1) is 10.5. The summed E-state index contributed by atoms with van der Waals surface area (Å²) in [4.78, 5) is 12.6. The summed E-state index contributed by atoms with van der Waals surface area (Å²) < 4.78 is 10.9. The van der Waals surface area contributed by atoms with E-state index in [1.54, 1.807) is 0 Å². The van der Waals surface area contributed by atoms with E-state index in [1.807, 2.05) is 0 Å². The summed E-state index contributed by atoms with van der Waals surface area (Å²) in [6.07, 6.45) is 1.50. The summed E-state index contributed by atoms with van der Waals surface area (Å²) in [5.41, 5.74) is -0.236. The van der Waals surface area contributed by atoms with Crippen LogP contribution in [0.5, 0.6) is 23.0 Å². The lowest BCUT2D eigenvalue weighted by Crippen LogP contribution is -2.05. The number of phenolic OH excluding ortho intramolecular Hbond substituents is 3. The van der Waals surface area contributed by atoms with Crippen molar-refractivity contribution in [3.05, 3.63) is 47.1 Å². The fraction of sp³-hybridized carbons (Fsp3) is 0.0625. The molecule has 0 amide bonds. The van der Waals surface area contributed by atoms with Crippen molar-refractivity contribution in [3.63, 3.8) is 0 Å². The number of aromatic hydroxyl groups is 3. The number of phenols is 3. The number of benzene rings is 2. The molecule has 0 bridgehead atoms. The van der Waals surface area contributed by atoms with Crippen LogP contribution in [0.25, 0.3) is 21.9 Å². The lowest BCUT2D eigenvalue weighted by molar-refractivity contribution is 0.363. The molecule has 0 saturated heterocycles. The Morgan fingerprint density at radius 3 is 2.55 bits per heavy atom. The van der Waals surface area contributed by atoms with Gasteiger partial charge in [0, 0.05) is 18.2 Å². The smallest absolute Gasteiger partial charge is 0.204 e. The number of fused-ring (bicyclic) bond motifs is 2. The molecular formula is C16H12O6. The Morgan fingerprint density at radius 1 is 1.09 bits per heavy atom. The van der Waals surface area contributed by atoms with Crippen LogP contribution in [0, 0.1) is 0 Å². The molecule has 6 heteroatoms. The molecule has 1 aromatic heterocycles. The molecular weight excluding hydrogens is 288 g/mol. The maximum absolute atomic E-state index is 12.6. The fourth-order valence-corrected chi connectivity index (χ4v) is 2.22. The van der Waals surface area contributed by atoms with Gasteiger partial charge in [0.2, 0.25) is 5.43 Å². The molecule has 112 valence electrons. The van der Waals surface area contributed by atoms with E-state index in [2.05, 4.69) is 6.58 Å². The summed E-state index contributed by atoms with van der Waals surface area (Å²) in [6, 6.07) is 4.84. The van der Waals surface area contributed by atoms with Crippen LogP contribution in [0.4, 0.5) is 0 Å². The summed E-state index contributed by atoms with van der Waals surface area (Å²) in [5, 5.41) is 29.0. The van der Waals surface area contributed by atoms with Crippen LogP contribution in [0.3, 0.4) is 0 Å². The van der Waals surface area contributed by atoms with Gasteiger partial charge in [0.1, 0.15) is 34.7 Å². The normalized spacial score (nSPS) is 10.9. The second-order valence-electron chi connectivity index (χ2n) is 4.68. The third-order valence-electron chi connectivity index (χ3n) is 3.18. The molecule has 0 unspecified atom stereocenters. The first kappa shape index (κ1) is 13.8. The zero-order valence-corrected chi connectivity index (χ0v) is 11.4. The van der Waals surface area contributed by atoms with Crippen molar-refractivity contribution in [2.24, 2.45) is 0 Å². The van der Waals surface area contributed by atoms with E-state index in [1.165, 1.54) is 18.2 Å². The first-order valence-corrected chi connectivity index (χ1v) is 6.40. The van der Waals surface area contributed by atoms with E-state index < -0.39 is 16.9 Å². The highest BCUT2D eigenvalue weighted by molar-refractivity contribution is 5.95. The van der Waals surface area contributed by atoms with Crippen molar-refractivity contribution in [2.45, 2.75) is 0 Å². The Labute approximate surface area is 124 Å². The zero-order valence-electron chi connectivity index (χ0n) is 11.4. The number of hydrogen-bond donors (Lipinski definition) is 3. The molecule has 22 heavy (non-hydrogen) atoms. The molecule has 0 aliphatic rings. The quantitative estimate of drug-likeness (QED) is 0.390.